The standard InChI is InChI=1S/C16H11FO3S/c1-9-15(16(18)19)11-7-14(12(17)8-13(11)20-9)21-10-5-3-2-4-6-10/h2-8H,1H3,(H,18,19). The van der Waals surface area contributed by atoms with Crippen molar-refractivity contribution in [2.75, 3.05) is 0 Å². The molecule has 0 atom stereocenters. The van der Waals surface area contributed by atoms with Gasteiger partial charge in [0.1, 0.15) is 22.7 Å². The second-order valence-electron chi connectivity index (χ2n) is 4.53. The number of fused-ring (bicyclic) bond motifs is 1. The molecule has 0 saturated carbocycles. The van der Waals surface area contributed by atoms with Crippen LogP contribution in [0.1, 0.15) is 16.1 Å². The largest absolute Gasteiger partial charge is 0.478 e. The summed E-state index contributed by atoms with van der Waals surface area (Å²) in [6.07, 6.45) is 0. The van der Waals surface area contributed by atoms with Crippen molar-refractivity contribution in [3.05, 3.63) is 59.6 Å². The minimum absolute atomic E-state index is 0.0833. The number of carboxylic acid groups (broad SMARTS) is 1. The summed E-state index contributed by atoms with van der Waals surface area (Å²) in [6, 6.07) is 12.1. The molecule has 2 aromatic carbocycles. The van der Waals surface area contributed by atoms with Crippen molar-refractivity contribution < 1.29 is 18.7 Å². The fraction of sp³-hybridized carbons (Fsp3) is 0.0625. The Morgan fingerprint density at radius 3 is 2.62 bits per heavy atom. The van der Waals surface area contributed by atoms with E-state index in [1.54, 1.807) is 6.92 Å². The summed E-state index contributed by atoms with van der Waals surface area (Å²) in [5.74, 6) is -1.23. The Morgan fingerprint density at radius 2 is 1.95 bits per heavy atom. The number of carbonyl (C=O) groups is 1. The zero-order valence-corrected chi connectivity index (χ0v) is 11.9. The minimum Gasteiger partial charge on any atom is -0.478 e. The van der Waals surface area contributed by atoms with Crippen LogP contribution in [0.3, 0.4) is 0 Å². The van der Waals surface area contributed by atoms with Crippen LogP contribution >= 0.6 is 11.8 Å². The smallest absolute Gasteiger partial charge is 0.339 e. The number of furan rings is 1. The third-order valence-electron chi connectivity index (χ3n) is 3.10. The van der Waals surface area contributed by atoms with Gasteiger partial charge in [0.05, 0.1) is 0 Å². The summed E-state index contributed by atoms with van der Waals surface area (Å²) in [6.45, 7) is 1.56. The molecule has 1 N–H and O–H groups in total. The second kappa shape index (κ2) is 5.26. The topological polar surface area (TPSA) is 50.4 Å². The number of halogens is 1. The second-order valence-corrected chi connectivity index (χ2v) is 5.65. The van der Waals surface area contributed by atoms with Crippen molar-refractivity contribution >= 4 is 28.7 Å². The van der Waals surface area contributed by atoms with Crippen molar-refractivity contribution in [3.63, 3.8) is 0 Å². The molecule has 0 amide bonds. The van der Waals surface area contributed by atoms with Crippen LogP contribution in [-0.4, -0.2) is 11.1 Å². The molecule has 0 aliphatic carbocycles. The summed E-state index contributed by atoms with van der Waals surface area (Å²) in [7, 11) is 0. The average molecular weight is 302 g/mol. The Balaban J connectivity index is 2.13. The molecule has 21 heavy (non-hydrogen) atoms. The van der Waals surface area contributed by atoms with Crippen molar-refractivity contribution in [2.45, 2.75) is 16.7 Å². The first kappa shape index (κ1) is 13.7. The molecule has 1 aromatic heterocycles. The highest BCUT2D eigenvalue weighted by Gasteiger charge is 2.19. The fourth-order valence-electron chi connectivity index (χ4n) is 2.18. The van der Waals surface area contributed by atoms with Gasteiger partial charge < -0.3 is 9.52 Å². The fourth-order valence-corrected chi connectivity index (χ4v) is 3.06. The third kappa shape index (κ3) is 2.52. The maximum absolute atomic E-state index is 14.1. The molecule has 0 radical (unpaired) electrons. The number of hydrogen-bond acceptors (Lipinski definition) is 3. The van der Waals surface area contributed by atoms with Gasteiger partial charge in [-0.05, 0) is 25.1 Å². The zero-order valence-electron chi connectivity index (χ0n) is 11.1. The van der Waals surface area contributed by atoms with E-state index in [9.17, 15) is 14.3 Å². The Kier molecular flexibility index (Phi) is 3.43. The predicted molar refractivity (Wildman–Crippen MR) is 78.4 cm³/mol. The SMILES string of the molecule is Cc1oc2cc(F)c(Sc3ccccc3)cc2c1C(=O)O. The third-order valence-corrected chi connectivity index (χ3v) is 4.14. The van der Waals surface area contributed by atoms with Gasteiger partial charge in [-0.25, -0.2) is 9.18 Å². The first-order valence-corrected chi connectivity index (χ1v) is 7.07. The lowest BCUT2D eigenvalue weighted by atomic mass is 10.1. The van der Waals surface area contributed by atoms with E-state index < -0.39 is 11.8 Å². The van der Waals surface area contributed by atoms with Gasteiger partial charge in [0.2, 0.25) is 0 Å². The van der Waals surface area contributed by atoms with Crippen molar-refractivity contribution in [3.8, 4) is 0 Å². The van der Waals surface area contributed by atoms with Gasteiger partial charge in [-0.2, -0.15) is 0 Å². The quantitative estimate of drug-likeness (QED) is 0.760. The Morgan fingerprint density at radius 1 is 1.24 bits per heavy atom. The number of aromatic carboxylic acids is 1. The highest BCUT2D eigenvalue weighted by atomic mass is 32.2. The van der Waals surface area contributed by atoms with E-state index in [0.29, 0.717) is 10.3 Å². The molecular weight excluding hydrogens is 291 g/mol. The van der Waals surface area contributed by atoms with Crippen LogP contribution in [0.15, 0.2) is 56.7 Å². The molecule has 5 heteroatoms. The minimum atomic E-state index is -1.08. The predicted octanol–water partition coefficient (Wildman–Crippen LogP) is 4.73. The van der Waals surface area contributed by atoms with E-state index in [2.05, 4.69) is 0 Å². The lowest BCUT2D eigenvalue weighted by molar-refractivity contribution is 0.0697. The lowest BCUT2D eigenvalue weighted by Crippen LogP contribution is -1.96. The van der Waals surface area contributed by atoms with Crippen LogP contribution in [0.2, 0.25) is 0 Å². The van der Waals surface area contributed by atoms with Gasteiger partial charge >= 0.3 is 5.97 Å². The van der Waals surface area contributed by atoms with Crippen LogP contribution in [0, 0.1) is 12.7 Å². The maximum Gasteiger partial charge on any atom is 0.339 e. The molecule has 3 aromatic rings. The summed E-state index contributed by atoms with van der Waals surface area (Å²) in [5.41, 5.74) is 0.333. The number of rotatable bonds is 3. The molecule has 0 spiro atoms. The molecular formula is C16H11FO3S. The van der Waals surface area contributed by atoms with Crippen molar-refractivity contribution in [1.29, 1.82) is 0 Å². The van der Waals surface area contributed by atoms with Crippen molar-refractivity contribution in [1.82, 2.24) is 0 Å². The van der Waals surface area contributed by atoms with Gasteiger partial charge in [-0.1, -0.05) is 30.0 Å². The Bertz CT molecular complexity index is 824. The van der Waals surface area contributed by atoms with Gasteiger partial charge in [-0.3, -0.25) is 0 Å². The maximum atomic E-state index is 14.1. The Labute approximate surface area is 124 Å². The molecule has 0 aliphatic heterocycles. The van der Waals surface area contributed by atoms with Gasteiger partial charge in [0, 0.05) is 21.2 Å². The number of benzene rings is 2. The summed E-state index contributed by atoms with van der Waals surface area (Å²) in [4.78, 5) is 12.5. The molecule has 106 valence electrons. The van der Waals surface area contributed by atoms with E-state index >= 15 is 0 Å². The first-order chi connectivity index (χ1) is 10.1. The van der Waals surface area contributed by atoms with Crippen LogP contribution in [0.4, 0.5) is 4.39 Å². The van der Waals surface area contributed by atoms with Crippen LogP contribution in [-0.2, 0) is 0 Å². The van der Waals surface area contributed by atoms with Crippen LogP contribution in [0.25, 0.3) is 11.0 Å². The van der Waals surface area contributed by atoms with Crippen molar-refractivity contribution in [2.24, 2.45) is 0 Å². The van der Waals surface area contributed by atoms with E-state index in [1.165, 1.54) is 23.9 Å². The number of aryl methyl sites for hydroxylation is 1. The number of hydrogen-bond donors (Lipinski definition) is 1. The van der Waals surface area contributed by atoms with E-state index in [1.807, 2.05) is 30.3 Å². The van der Waals surface area contributed by atoms with Crippen LogP contribution < -0.4 is 0 Å². The summed E-state index contributed by atoms with van der Waals surface area (Å²) in [5, 5.41) is 9.66. The molecule has 0 saturated heterocycles. The zero-order chi connectivity index (χ0) is 15.0. The van der Waals surface area contributed by atoms with E-state index in [4.69, 9.17) is 4.42 Å². The first-order valence-electron chi connectivity index (χ1n) is 6.25. The van der Waals surface area contributed by atoms with Crippen LogP contribution in [0.5, 0.6) is 0 Å². The normalized spacial score (nSPS) is 11.0. The van der Waals surface area contributed by atoms with Gasteiger partial charge in [0.25, 0.3) is 0 Å². The summed E-state index contributed by atoms with van der Waals surface area (Å²) < 4.78 is 19.4. The van der Waals surface area contributed by atoms with Gasteiger partial charge in [0.15, 0.2) is 0 Å². The highest BCUT2D eigenvalue weighted by molar-refractivity contribution is 7.99. The van der Waals surface area contributed by atoms with E-state index in [-0.39, 0.29) is 16.9 Å². The monoisotopic (exact) mass is 302 g/mol. The molecule has 0 aliphatic rings. The highest BCUT2D eigenvalue weighted by Crippen LogP contribution is 2.35. The van der Waals surface area contributed by atoms with Gasteiger partial charge in [-0.15, -0.1) is 0 Å². The molecule has 0 bridgehead atoms. The van der Waals surface area contributed by atoms with E-state index in [0.717, 1.165) is 4.90 Å². The number of carboxylic acids is 1. The molecule has 0 fully saturated rings. The summed E-state index contributed by atoms with van der Waals surface area (Å²) >= 11 is 1.25. The average Bonchev–Trinajstić information content (AvgIpc) is 2.75. The molecule has 3 rings (SSSR count). The molecule has 0 unspecified atom stereocenters. The Hall–Kier alpha value is -2.27. The molecule has 1 heterocycles. The lowest BCUT2D eigenvalue weighted by Gasteiger charge is -2.03. The molecule has 3 nitrogen and oxygen atoms in total.